The van der Waals surface area contributed by atoms with Gasteiger partial charge in [0.25, 0.3) is 0 Å². The van der Waals surface area contributed by atoms with E-state index in [-0.39, 0.29) is 5.91 Å². The van der Waals surface area contributed by atoms with Crippen LogP contribution in [0.15, 0.2) is 48.5 Å². The Labute approximate surface area is 139 Å². The topological polar surface area (TPSA) is 33.2 Å². The number of benzene rings is 2. The molecule has 116 valence electrons. The van der Waals surface area contributed by atoms with Crippen LogP contribution in [0.3, 0.4) is 0 Å². The molecule has 0 aliphatic carbocycles. The molecule has 1 amide bonds. The zero-order valence-electron chi connectivity index (χ0n) is 12.9. The SMILES string of the molecule is O=C(Cc1ccc2sc(-c3ccccc3)nc2c1)N1CCCC1. The Balaban J connectivity index is 1.59. The second-order valence-corrected chi connectivity index (χ2v) is 6.98. The van der Waals surface area contributed by atoms with E-state index in [1.165, 1.54) is 4.70 Å². The maximum atomic E-state index is 12.3. The molecule has 0 radical (unpaired) electrons. The van der Waals surface area contributed by atoms with Crippen molar-refractivity contribution in [2.24, 2.45) is 0 Å². The van der Waals surface area contributed by atoms with Gasteiger partial charge in [-0.05, 0) is 30.5 Å². The zero-order valence-corrected chi connectivity index (χ0v) is 13.7. The molecule has 0 spiro atoms. The van der Waals surface area contributed by atoms with Crippen molar-refractivity contribution in [1.29, 1.82) is 0 Å². The molecule has 2 heterocycles. The first-order valence-corrected chi connectivity index (χ1v) is 8.84. The van der Waals surface area contributed by atoms with Crippen LogP contribution in [-0.4, -0.2) is 28.9 Å². The summed E-state index contributed by atoms with van der Waals surface area (Å²) in [7, 11) is 0. The van der Waals surface area contributed by atoms with Crippen LogP contribution in [-0.2, 0) is 11.2 Å². The van der Waals surface area contributed by atoms with Crippen LogP contribution in [0, 0.1) is 0 Å². The maximum absolute atomic E-state index is 12.3. The molecule has 3 nitrogen and oxygen atoms in total. The lowest BCUT2D eigenvalue weighted by Gasteiger charge is -2.14. The standard InChI is InChI=1S/C19H18N2OS/c22-18(21-10-4-5-11-21)13-14-8-9-17-16(12-14)20-19(23-17)15-6-2-1-3-7-15/h1-3,6-9,12H,4-5,10-11,13H2. The predicted octanol–water partition coefficient (Wildman–Crippen LogP) is 4.13. The molecule has 4 rings (SSSR count). The van der Waals surface area contributed by atoms with Gasteiger partial charge in [-0.2, -0.15) is 0 Å². The first-order valence-electron chi connectivity index (χ1n) is 8.02. The van der Waals surface area contributed by atoms with Gasteiger partial charge < -0.3 is 4.90 Å². The van der Waals surface area contributed by atoms with E-state index in [1.807, 2.05) is 23.1 Å². The Morgan fingerprint density at radius 3 is 2.65 bits per heavy atom. The smallest absolute Gasteiger partial charge is 0.226 e. The highest BCUT2D eigenvalue weighted by molar-refractivity contribution is 7.21. The second kappa shape index (κ2) is 6.13. The van der Waals surface area contributed by atoms with Gasteiger partial charge in [0, 0.05) is 18.7 Å². The fourth-order valence-electron chi connectivity index (χ4n) is 3.04. The summed E-state index contributed by atoms with van der Waals surface area (Å²) in [5.74, 6) is 0.236. The Morgan fingerprint density at radius 1 is 1.09 bits per heavy atom. The molecule has 1 aliphatic rings. The van der Waals surface area contributed by atoms with Gasteiger partial charge in [-0.25, -0.2) is 4.98 Å². The molecule has 1 aromatic heterocycles. The number of nitrogens with zero attached hydrogens (tertiary/aromatic N) is 2. The summed E-state index contributed by atoms with van der Waals surface area (Å²) in [5, 5.41) is 1.03. The minimum Gasteiger partial charge on any atom is -0.342 e. The third-order valence-corrected chi connectivity index (χ3v) is 5.37. The van der Waals surface area contributed by atoms with Crippen molar-refractivity contribution < 1.29 is 4.79 Å². The lowest BCUT2D eigenvalue weighted by atomic mass is 10.1. The predicted molar refractivity (Wildman–Crippen MR) is 94.6 cm³/mol. The normalized spacial score (nSPS) is 14.5. The molecule has 4 heteroatoms. The maximum Gasteiger partial charge on any atom is 0.226 e. The molecule has 1 fully saturated rings. The van der Waals surface area contributed by atoms with E-state index in [0.717, 1.165) is 47.6 Å². The second-order valence-electron chi connectivity index (χ2n) is 5.95. The van der Waals surface area contributed by atoms with Crippen molar-refractivity contribution >= 4 is 27.5 Å². The number of carbonyl (C=O) groups excluding carboxylic acids is 1. The van der Waals surface area contributed by atoms with Gasteiger partial charge in [-0.1, -0.05) is 36.4 Å². The highest BCUT2D eigenvalue weighted by Crippen LogP contribution is 2.30. The number of rotatable bonds is 3. The molecule has 0 bridgehead atoms. The van der Waals surface area contributed by atoms with Crippen LogP contribution in [0.5, 0.6) is 0 Å². The summed E-state index contributed by atoms with van der Waals surface area (Å²) in [6.45, 7) is 1.83. The Bertz CT molecular complexity index is 835. The van der Waals surface area contributed by atoms with Gasteiger partial charge >= 0.3 is 0 Å². The van der Waals surface area contributed by atoms with E-state index in [0.29, 0.717) is 6.42 Å². The number of hydrogen-bond donors (Lipinski definition) is 0. The monoisotopic (exact) mass is 322 g/mol. The average molecular weight is 322 g/mol. The highest BCUT2D eigenvalue weighted by atomic mass is 32.1. The highest BCUT2D eigenvalue weighted by Gasteiger charge is 2.18. The van der Waals surface area contributed by atoms with Crippen molar-refractivity contribution in [3.8, 4) is 10.6 Å². The molecule has 0 unspecified atom stereocenters. The van der Waals surface area contributed by atoms with Gasteiger partial charge in [-0.15, -0.1) is 11.3 Å². The molecular weight excluding hydrogens is 304 g/mol. The van der Waals surface area contributed by atoms with Crippen LogP contribution in [0.1, 0.15) is 18.4 Å². The number of carbonyl (C=O) groups is 1. The summed E-state index contributed by atoms with van der Waals surface area (Å²) in [6.07, 6.45) is 2.75. The van der Waals surface area contributed by atoms with Crippen LogP contribution >= 0.6 is 11.3 Å². The van der Waals surface area contributed by atoms with Gasteiger partial charge in [-0.3, -0.25) is 4.79 Å². The summed E-state index contributed by atoms with van der Waals surface area (Å²) < 4.78 is 1.17. The average Bonchev–Trinajstić information content (AvgIpc) is 3.25. The molecule has 23 heavy (non-hydrogen) atoms. The van der Waals surface area contributed by atoms with Gasteiger partial charge in [0.1, 0.15) is 5.01 Å². The lowest BCUT2D eigenvalue weighted by molar-refractivity contribution is -0.129. The molecule has 2 aromatic carbocycles. The van der Waals surface area contributed by atoms with Crippen LogP contribution < -0.4 is 0 Å². The summed E-state index contributed by atoms with van der Waals surface area (Å²) in [6, 6.07) is 16.4. The van der Waals surface area contributed by atoms with E-state index >= 15 is 0 Å². The number of fused-ring (bicyclic) bond motifs is 1. The van der Waals surface area contributed by atoms with Crippen molar-refractivity contribution in [2.45, 2.75) is 19.3 Å². The third kappa shape index (κ3) is 2.99. The lowest BCUT2D eigenvalue weighted by Crippen LogP contribution is -2.29. The van der Waals surface area contributed by atoms with Crippen LogP contribution in [0.25, 0.3) is 20.8 Å². The number of thiazole rings is 1. The largest absolute Gasteiger partial charge is 0.342 e. The summed E-state index contributed by atoms with van der Waals surface area (Å²) in [4.78, 5) is 19.0. The van der Waals surface area contributed by atoms with E-state index in [9.17, 15) is 4.79 Å². The molecule has 0 saturated carbocycles. The molecule has 3 aromatic rings. The van der Waals surface area contributed by atoms with Gasteiger partial charge in [0.2, 0.25) is 5.91 Å². The summed E-state index contributed by atoms with van der Waals surface area (Å²) >= 11 is 1.70. The minimum absolute atomic E-state index is 0.236. The molecule has 0 N–H and O–H groups in total. The number of aromatic nitrogens is 1. The van der Waals surface area contributed by atoms with Crippen LogP contribution in [0.4, 0.5) is 0 Å². The molecule has 1 saturated heterocycles. The third-order valence-electron chi connectivity index (χ3n) is 4.29. The van der Waals surface area contributed by atoms with E-state index in [1.54, 1.807) is 11.3 Å². The number of likely N-dealkylation sites (tertiary alicyclic amines) is 1. The van der Waals surface area contributed by atoms with Crippen molar-refractivity contribution in [2.75, 3.05) is 13.1 Å². The number of hydrogen-bond acceptors (Lipinski definition) is 3. The fraction of sp³-hybridized carbons (Fsp3) is 0.263. The van der Waals surface area contributed by atoms with E-state index in [2.05, 4.69) is 30.3 Å². The van der Waals surface area contributed by atoms with E-state index in [4.69, 9.17) is 4.98 Å². The number of amides is 1. The minimum atomic E-state index is 0.236. The Hall–Kier alpha value is -2.20. The quantitative estimate of drug-likeness (QED) is 0.726. The van der Waals surface area contributed by atoms with E-state index < -0.39 is 0 Å². The van der Waals surface area contributed by atoms with Crippen molar-refractivity contribution in [3.05, 3.63) is 54.1 Å². The molecule has 1 aliphatic heterocycles. The van der Waals surface area contributed by atoms with Crippen molar-refractivity contribution in [3.63, 3.8) is 0 Å². The fourth-order valence-corrected chi connectivity index (χ4v) is 3.99. The first-order chi connectivity index (χ1) is 11.3. The van der Waals surface area contributed by atoms with Crippen LogP contribution in [0.2, 0.25) is 0 Å². The molecular formula is C19H18N2OS. The zero-order chi connectivity index (χ0) is 15.6. The Morgan fingerprint density at radius 2 is 1.87 bits per heavy atom. The molecule has 0 atom stereocenters. The van der Waals surface area contributed by atoms with Crippen molar-refractivity contribution in [1.82, 2.24) is 9.88 Å². The Kier molecular flexibility index (Phi) is 3.83. The summed E-state index contributed by atoms with van der Waals surface area (Å²) in [5.41, 5.74) is 3.18. The first kappa shape index (κ1) is 14.4. The van der Waals surface area contributed by atoms with Gasteiger partial charge in [0.05, 0.1) is 16.6 Å². The van der Waals surface area contributed by atoms with Gasteiger partial charge in [0.15, 0.2) is 0 Å².